The molecule has 94 valence electrons. The average molecular weight is 300 g/mol. The molecule has 0 saturated heterocycles. The van der Waals surface area contributed by atoms with E-state index in [0.29, 0.717) is 23.7 Å². The van der Waals surface area contributed by atoms with Crippen LogP contribution in [0.2, 0.25) is 0 Å². The van der Waals surface area contributed by atoms with Crippen LogP contribution in [0.3, 0.4) is 0 Å². The Morgan fingerprint density at radius 2 is 2.06 bits per heavy atom. The average Bonchev–Trinajstić information content (AvgIpc) is 2.28. The molecule has 1 N–H and O–H groups in total. The number of alkyl halides is 1. The topological polar surface area (TPSA) is 54.9 Å². The molecule has 0 saturated carbocycles. The number of hydrogen-bond donors (Lipinski definition) is 1. The van der Waals surface area contributed by atoms with Crippen LogP contribution in [0.4, 0.5) is 0 Å². The Bertz CT molecular complexity index is 407. The van der Waals surface area contributed by atoms with Gasteiger partial charge in [-0.25, -0.2) is 0 Å². The lowest BCUT2D eigenvalue weighted by Gasteiger charge is -2.14. The van der Waals surface area contributed by atoms with Gasteiger partial charge in [-0.05, 0) is 25.8 Å². The zero-order valence-corrected chi connectivity index (χ0v) is 12.2. The molecule has 5 heteroatoms. The summed E-state index contributed by atoms with van der Waals surface area (Å²) in [6.45, 7) is 8.43. The van der Waals surface area contributed by atoms with Crippen molar-refractivity contribution < 1.29 is 4.79 Å². The molecular weight excluding hydrogens is 282 g/mol. The van der Waals surface area contributed by atoms with Crippen molar-refractivity contribution in [2.75, 3.05) is 6.54 Å². The van der Waals surface area contributed by atoms with Crippen molar-refractivity contribution in [2.45, 2.75) is 32.5 Å². The van der Waals surface area contributed by atoms with Gasteiger partial charge in [-0.15, -0.1) is 0 Å². The monoisotopic (exact) mass is 299 g/mol. The number of nitrogens with zero attached hydrogens (tertiary/aromatic N) is 2. The highest BCUT2D eigenvalue weighted by Gasteiger charge is 2.14. The first-order valence-electron chi connectivity index (χ1n) is 5.65. The minimum absolute atomic E-state index is 0.0920. The van der Waals surface area contributed by atoms with Crippen LogP contribution < -0.4 is 5.32 Å². The SMILES string of the molecule is Cc1cc(C(=O)NCC(Br)C(C)C)c(C)nn1. The lowest BCUT2D eigenvalue weighted by molar-refractivity contribution is 0.0951. The quantitative estimate of drug-likeness (QED) is 0.868. The van der Waals surface area contributed by atoms with Gasteiger partial charge in [-0.3, -0.25) is 4.79 Å². The van der Waals surface area contributed by atoms with E-state index >= 15 is 0 Å². The van der Waals surface area contributed by atoms with Gasteiger partial charge in [0.15, 0.2) is 0 Å². The molecule has 0 aliphatic carbocycles. The van der Waals surface area contributed by atoms with Crippen LogP contribution >= 0.6 is 15.9 Å². The third-order valence-corrected chi connectivity index (χ3v) is 3.91. The van der Waals surface area contributed by atoms with Crippen LogP contribution in [0.1, 0.15) is 35.6 Å². The third-order valence-electron chi connectivity index (χ3n) is 2.53. The number of hydrogen-bond acceptors (Lipinski definition) is 3. The minimum atomic E-state index is -0.0920. The maximum Gasteiger partial charge on any atom is 0.253 e. The summed E-state index contributed by atoms with van der Waals surface area (Å²) in [5, 5.41) is 10.7. The Balaban J connectivity index is 2.67. The smallest absolute Gasteiger partial charge is 0.253 e. The van der Waals surface area contributed by atoms with Crippen molar-refractivity contribution in [1.29, 1.82) is 0 Å². The number of amides is 1. The number of aryl methyl sites for hydroxylation is 2. The van der Waals surface area contributed by atoms with Crippen LogP contribution in [-0.4, -0.2) is 27.5 Å². The molecule has 0 radical (unpaired) electrons. The maximum absolute atomic E-state index is 11.9. The molecule has 1 atom stereocenters. The van der Waals surface area contributed by atoms with Gasteiger partial charge in [0.25, 0.3) is 5.91 Å². The maximum atomic E-state index is 11.9. The van der Waals surface area contributed by atoms with E-state index in [-0.39, 0.29) is 10.7 Å². The Kier molecular flexibility index (Phi) is 5.05. The van der Waals surface area contributed by atoms with Gasteiger partial charge in [0, 0.05) is 11.4 Å². The zero-order chi connectivity index (χ0) is 13.0. The van der Waals surface area contributed by atoms with Crippen LogP contribution in [-0.2, 0) is 0 Å². The van der Waals surface area contributed by atoms with E-state index in [4.69, 9.17) is 0 Å². The second kappa shape index (κ2) is 6.10. The van der Waals surface area contributed by atoms with Crippen molar-refractivity contribution in [1.82, 2.24) is 15.5 Å². The number of carbonyl (C=O) groups is 1. The fourth-order valence-electron chi connectivity index (χ4n) is 1.30. The number of aromatic nitrogens is 2. The van der Waals surface area contributed by atoms with Crippen LogP contribution in [0, 0.1) is 19.8 Å². The molecule has 0 fully saturated rings. The van der Waals surface area contributed by atoms with E-state index in [1.165, 1.54) is 0 Å². The normalized spacial score (nSPS) is 12.6. The van der Waals surface area contributed by atoms with Crippen LogP contribution in [0.15, 0.2) is 6.07 Å². The van der Waals surface area contributed by atoms with Crippen LogP contribution in [0.5, 0.6) is 0 Å². The highest BCUT2D eigenvalue weighted by Crippen LogP contribution is 2.11. The fourth-order valence-corrected chi connectivity index (χ4v) is 1.46. The first-order chi connectivity index (χ1) is 7.91. The van der Waals surface area contributed by atoms with E-state index in [0.717, 1.165) is 5.69 Å². The Morgan fingerprint density at radius 1 is 1.41 bits per heavy atom. The molecule has 1 unspecified atom stereocenters. The predicted molar refractivity (Wildman–Crippen MR) is 71.4 cm³/mol. The standard InChI is InChI=1S/C12H18BrN3O/c1-7(2)11(13)6-14-12(17)10-5-8(3)15-16-9(10)4/h5,7,11H,6H2,1-4H3,(H,14,17). The van der Waals surface area contributed by atoms with E-state index < -0.39 is 0 Å². The highest BCUT2D eigenvalue weighted by molar-refractivity contribution is 9.09. The predicted octanol–water partition coefficient (Wildman–Crippen LogP) is 2.24. The van der Waals surface area contributed by atoms with E-state index in [9.17, 15) is 4.79 Å². The van der Waals surface area contributed by atoms with Crippen molar-refractivity contribution in [3.05, 3.63) is 23.0 Å². The van der Waals surface area contributed by atoms with Gasteiger partial charge in [0.05, 0.1) is 17.0 Å². The molecule has 1 heterocycles. The van der Waals surface area contributed by atoms with E-state index in [1.54, 1.807) is 13.0 Å². The van der Waals surface area contributed by atoms with Gasteiger partial charge in [0.1, 0.15) is 0 Å². The van der Waals surface area contributed by atoms with Crippen LogP contribution in [0.25, 0.3) is 0 Å². The number of rotatable bonds is 4. The van der Waals surface area contributed by atoms with Gasteiger partial charge < -0.3 is 5.32 Å². The summed E-state index contributed by atoms with van der Waals surface area (Å²) in [5.41, 5.74) is 2.00. The number of halogens is 1. The van der Waals surface area contributed by atoms with Crippen molar-refractivity contribution in [3.8, 4) is 0 Å². The molecular formula is C12H18BrN3O. The molecule has 4 nitrogen and oxygen atoms in total. The summed E-state index contributed by atoms with van der Waals surface area (Å²) in [4.78, 5) is 12.2. The molecule has 1 rings (SSSR count). The highest BCUT2D eigenvalue weighted by atomic mass is 79.9. The molecule has 17 heavy (non-hydrogen) atoms. The summed E-state index contributed by atoms with van der Waals surface area (Å²) in [7, 11) is 0. The molecule has 1 aromatic heterocycles. The van der Waals surface area contributed by atoms with Crippen molar-refractivity contribution in [3.63, 3.8) is 0 Å². The summed E-state index contributed by atoms with van der Waals surface area (Å²) < 4.78 is 0. The van der Waals surface area contributed by atoms with Crippen molar-refractivity contribution >= 4 is 21.8 Å². The molecule has 1 amide bonds. The molecule has 0 bridgehead atoms. The third kappa shape index (κ3) is 4.07. The second-order valence-electron chi connectivity index (χ2n) is 4.45. The molecule has 0 spiro atoms. The minimum Gasteiger partial charge on any atom is -0.351 e. The summed E-state index contributed by atoms with van der Waals surface area (Å²) in [5.74, 6) is 0.388. The Morgan fingerprint density at radius 3 is 2.65 bits per heavy atom. The number of carbonyl (C=O) groups excluding carboxylic acids is 1. The van der Waals surface area contributed by atoms with Gasteiger partial charge >= 0.3 is 0 Å². The summed E-state index contributed by atoms with van der Waals surface area (Å²) >= 11 is 3.53. The molecule has 0 aliphatic rings. The van der Waals surface area contributed by atoms with Gasteiger partial charge in [0.2, 0.25) is 0 Å². The first-order valence-corrected chi connectivity index (χ1v) is 6.56. The Hall–Kier alpha value is -0.970. The second-order valence-corrected chi connectivity index (χ2v) is 5.63. The Labute approximate surface area is 110 Å². The molecule has 1 aromatic rings. The fraction of sp³-hybridized carbons (Fsp3) is 0.583. The first kappa shape index (κ1) is 14.1. The van der Waals surface area contributed by atoms with Gasteiger partial charge in [-0.1, -0.05) is 29.8 Å². The van der Waals surface area contributed by atoms with Crippen molar-refractivity contribution in [2.24, 2.45) is 5.92 Å². The summed E-state index contributed by atoms with van der Waals surface area (Å²) in [6, 6.07) is 1.76. The van der Waals surface area contributed by atoms with E-state index in [1.807, 2.05) is 6.92 Å². The van der Waals surface area contributed by atoms with Gasteiger partial charge in [-0.2, -0.15) is 10.2 Å². The lowest BCUT2D eigenvalue weighted by Crippen LogP contribution is -2.32. The summed E-state index contributed by atoms with van der Waals surface area (Å²) in [6.07, 6.45) is 0. The number of nitrogens with one attached hydrogen (secondary N) is 1. The lowest BCUT2D eigenvalue weighted by atomic mass is 10.1. The molecule has 0 aromatic carbocycles. The zero-order valence-electron chi connectivity index (χ0n) is 10.6. The largest absolute Gasteiger partial charge is 0.351 e. The van der Waals surface area contributed by atoms with E-state index in [2.05, 4.69) is 45.3 Å². The molecule has 0 aliphatic heterocycles.